The molecule has 0 aliphatic carbocycles. The molecule has 108 valence electrons. The van der Waals surface area contributed by atoms with Gasteiger partial charge in [-0.1, -0.05) is 17.7 Å². The number of benzene rings is 1. The zero-order valence-electron chi connectivity index (χ0n) is 11.5. The highest BCUT2D eigenvalue weighted by molar-refractivity contribution is 6.30. The lowest BCUT2D eigenvalue weighted by atomic mass is 10.0. The Morgan fingerprint density at radius 3 is 2.80 bits per heavy atom. The number of halogens is 2. The van der Waals surface area contributed by atoms with Gasteiger partial charge in [0, 0.05) is 18.7 Å². The first-order chi connectivity index (χ1) is 9.55. The third kappa shape index (κ3) is 3.17. The second kappa shape index (κ2) is 6.35. The predicted molar refractivity (Wildman–Crippen MR) is 77.8 cm³/mol. The molecule has 2 aromatic rings. The zero-order valence-corrected chi connectivity index (χ0v) is 12.3. The van der Waals surface area contributed by atoms with E-state index in [0.29, 0.717) is 6.42 Å². The van der Waals surface area contributed by atoms with Crippen molar-refractivity contribution in [2.75, 3.05) is 0 Å². The minimum Gasteiger partial charge on any atom is -0.271 e. The van der Waals surface area contributed by atoms with Crippen molar-refractivity contribution >= 4 is 11.6 Å². The van der Waals surface area contributed by atoms with Crippen LogP contribution in [0.15, 0.2) is 24.3 Å². The van der Waals surface area contributed by atoms with E-state index in [-0.39, 0.29) is 11.1 Å². The highest BCUT2D eigenvalue weighted by atomic mass is 35.5. The highest BCUT2D eigenvalue weighted by Gasteiger charge is 2.15. The summed E-state index contributed by atoms with van der Waals surface area (Å²) in [6, 6.07) is 6.55. The van der Waals surface area contributed by atoms with Crippen molar-refractivity contribution in [1.29, 1.82) is 0 Å². The quantitative estimate of drug-likeness (QED) is 0.659. The summed E-state index contributed by atoms with van der Waals surface area (Å²) in [5, 5.41) is 4.50. The summed E-state index contributed by atoms with van der Waals surface area (Å²) in [6.45, 7) is 4.76. The van der Waals surface area contributed by atoms with Crippen molar-refractivity contribution in [3.05, 3.63) is 52.1 Å². The summed E-state index contributed by atoms with van der Waals surface area (Å²) in [6.07, 6.45) is 0.631. The van der Waals surface area contributed by atoms with Crippen LogP contribution in [0.4, 0.5) is 4.39 Å². The molecule has 1 aromatic heterocycles. The van der Waals surface area contributed by atoms with Gasteiger partial charge in [0.25, 0.3) is 0 Å². The Bertz CT molecular complexity index is 597. The van der Waals surface area contributed by atoms with Gasteiger partial charge in [-0.15, -0.1) is 0 Å². The molecule has 0 spiro atoms. The SMILES string of the molecule is CCn1nc(C)cc1CC(NN)c1ccc(Cl)c(F)c1. The molecule has 1 unspecified atom stereocenters. The molecule has 2 rings (SSSR count). The monoisotopic (exact) mass is 296 g/mol. The third-order valence-electron chi connectivity index (χ3n) is 3.25. The van der Waals surface area contributed by atoms with Crippen molar-refractivity contribution in [2.24, 2.45) is 5.84 Å². The molecule has 1 atom stereocenters. The van der Waals surface area contributed by atoms with E-state index in [4.69, 9.17) is 17.4 Å². The molecule has 1 heterocycles. The second-order valence-electron chi connectivity index (χ2n) is 4.69. The fourth-order valence-electron chi connectivity index (χ4n) is 2.25. The van der Waals surface area contributed by atoms with E-state index in [9.17, 15) is 4.39 Å². The maximum Gasteiger partial charge on any atom is 0.142 e. The lowest BCUT2D eigenvalue weighted by Crippen LogP contribution is -2.30. The van der Waals surface area contributed by atoms with E-state index < -0.39 is 5.82 Å². The first kappa shape index (κ1) is 15.0. The summed E-state index contributed by atoms with van der Waals surface area (Å²) in [5.74, 6) is 5.16. The summed E-state index contributed by atoms with van der Waals surface area (Å²) < 4.78 is 15.5. The molecule has 0 aliphatic rings. The van der Waals surface area contributed by atoms with Gasteiger partial charge in [0.2, 0.25) is 0 Å². The predicted octanol–water partition coefficient (Wildman–Crippen LogP) is 2.75. The molecule has 0 saturated heterocycles. The Balaban J connectivity index is 2.26. The van der Waals surface area contributed by atoms with E-state index in [2.05, 4.69) is 10.5 Å². The Kier molecular flexibility index (Phi) is 4.75. The first-order valence-corrected chi connectivity index (χ1v) is 6.87. The van der Waals surface area contributed by atoms with Crippen molar-refractivity contribution < 1.29 is 4.39 Å². The van der Waals surface area contributed by atoms with Crippen LogP contribution < -0.4 is 11.3 Å². The van der Waals surface area contributed by atoms with Crippen LogP contribution in [0.25, 0.3) is 0 Å². The first-order valence-electron chi connectivity index (χ1n) is 6.49. The second-order valence-corrected chi connectivity index (χ2v) is 5.10. The smallest absolute Gasteiger partial charge is 0.142 e. The van der Waals surface area contributed by atoms with E-state index in [1.165, 1.54) is 6.07 Å². The minimum absolute atomic E-state index is 0.110. The zero-order chi connectivity index (χ0) is 14.7. The standard InChI is InChI=1S/C14H18ClFN4/c1-3-20-11(6-9(2)19-20)8-14(18-17)10-4-5-12(15)13(16)7-10/h4-7,14,18H,3,8,17H2,1-2H3. The molecule has 0 aliphatic heterocycles. The third-order valence-corrected chi connectivity index (χ3v) is 3.55. The van der Waals surface area contributed by atoms with Gasteiger partial charge in [0.15, 0.2) is 0 Å². The van der Waals surface area contributed by atoms with Crippen molar-refractivity contribution in [2.45, 2.75) is 32.9 Å². The van der Waals surface area contributed by atoms with Crippen LogP contribution in [0.3, 0.4) is 0 Å². The Labute approximate surface area is 122 Å². The summed E-state index contributed by atoms with van der Waals surface area (Å²) in [4.78, 5) is 0. The minimum atomic E-state index is -0.440. The Morgan fingerprint density at radius 1 is 1.45 bits per heavy atom. The van der Waals surface area contributed by atoms with Crippen LogP contribution >= 0.6 is 11.6 Å². The van der Waals surface area contributed by atoms with Crippen LogP contribution in [-0.2, 0) is 13.0 Å². The normalized spacial score (nSPS) is 12.7. The molecule has 1 aromatic carbocycles. The van der Waals surface area contributed by atoms with Gasteiger partial charge in [0.05, 0.1) is 16.8 Å². The average molecular weight is 297 g/mol. The van der Waals surface area contributed by atoms with Gasteiger partial charge in [-0.2, -0.15) is 5.10 Å². The average Bonchev–Trinajstić information content (AvgIpc) is 2.79. The Hall–Kier alpha value is -1.43. The lowest BCUT2D eigenvalue weighted by molar-refractivity contribution is 0.513. The van der Waals surface area contributed by atoms with E-state index in [0.717, 1.165) is 23.5 Å². The van der Waals surface area contributed by atoms with Crippen LogP contribution in [0.5, 0.6) is 0 Å². The van der Waals surface area contributed by atoms with Crippen molar-refractivity contribution in [3.63, 3.8) is 0 Å². The molecule has 0 radical (unpaired) electrons. The molecule has 4 nitrogen and oxygen atoms in total. The molecule has 6 heteroatoms. The number of rotatable bonds is 5. The van der Waals surface area contributed by atoms with Gasteiger partial charge in [-0.05, 0) is 37.6 Å². The largest absolute Gasteiger partial charge is 0.271 e. The molecular formula is C14H18ClFN4. The summed E-state index contributed by atoms with van der Waals surface area (Å²) in [5.41, 5.74) is 5.50. The van der Waals surface area contributed by atoms with E-state index in [1.54, 1.807) is 12.1 Å². The summed E-state index contributed by atoms with van der Waals surface area (Å²) >= 11 is 5.70. The van der Waals surface area contributed by atoms with Crippen LogP contribution in [0.1, 0.15) is 29.9 Å². The number of hydrogen-bond acceptors (Lipinski definition) is 3. The number of hydrogen-bond donors (Lipinski definition) is 2. The summed E-state index contributed by atoms with van der Waals surface area (Å²) in [7, 11) is 0. The topological polar surface area (TPSA) is 55.9 Å². The molecule has 20 heavy (non-hydrogen) atoms. The van der Waals surface area contributed by atoms with E-state index in [1.807, 2.05) is 24.6 Å². The number of hydrazine groups is 1. The number of aromatic nitrogens is 2. The van der Waals surface area contributed by atoms with Crippen LogP contribution in [0.2, 0.25) is 5.02 Å². The number of nitrogens with two attached hydrogens (primary N) is 1. The van der Waals surface area contributed by atoms with Gasteiger partial charge >= 0.3 is 0 Å². The van der Waals surface area contributed by atoms with Gasteiger partial charge in [0.1, 0.15) is 5.82 Å². The Morgan fingerprint density at radius 2 is 2.20 bits per heavy atom. The van der Waals surface area contributed by atoms with Gasteiger partial charge in [-0.3, -0.25) is 16.0 Å². The molecule has 0 amide bonds. The van der Waals surface area contributed by atoms with Gasteiger partial charge in [-0.25, -0.2) is 4.39 Å². The molecule has 0 bridgehead atoms. The molecular weight excluding hydrogens is 279 g/mol. The molecule has 0 fully saturated rings. The number of nitrogens with one attached hydrogen (secondary N) is 1. The number of aryl methyl sites for hydroxylation is 2. The van der Waals surface area contributed by atoms with Crippen LogP contribution in [0, 0.1) is 12.7 Å². The number of nitrogens with zero attached hydrogens (tertiary/aromatic N) is 2. The molecule has 3 N–H and O–H groups in total. The maximum atomic E-state index is 13.5. The van der Waals surface area contributed by atoms with Gasteiger partial charge < -0.3 is 0 Å². The van der Waals surface area contributed by atoms with Crippen molar-refractivity contribution in [3.8, 4) is 0 Å². The fourth-order valence-corrected chi connectivity index (χ4v) is 2.37. The highest BCUT2D eigenvalue weighted by Crippen LogP contribution is 2.23. The molecule has 0 saturated carbocycles. The van der Waals surface area contributed by atoms with Crippen LogP contribution in [-0.4, -0.2) is 9.78 Å². The van der Waals surface area contributed by atoms with Crippen molar-refractivity contribution in [1.82, 2.24) is 15.2 Å². The van der Waals surface area contributed by atoms with E-state index >= 15 is 0 Å². The lowest BCUT2D eigenvalue weighted by Gasteiger charge is -2.17. The fraction of sp³-hybridized carbons (Fsp3) is 0.357. The maximum absolute atomic E-state index is 13.5.